The van der Waals surface area contributed by atoms with Crippen molar-refractivity contribution in [3.63, 3.8) is 0 Å². The molecule has 1 amide bonds. The Balaban J connectivity index is 2.68. The predicted octanol–water partition coefficient (Wildman–Crippen LogP) is 1.60. The summed E-state index contributed by atoms with van der Waals surface area (Å²) in [7, 11) is 0. The summed E-state index contributed by atoms with van der Waals surface area (Å²) in [5.41, 5.74) is 7.41. The number of aryl methyl sites for hydroxylation is 1. The molecule has 1 aromatic heterocycles. The maximum absolute atomic E-state index is 11.8. The van der Waals surface area contributed by atoms with Crippen LogP contribution in [0.5, 0.6) is 0 Å². The number of rotatable bonds is 4. The van der Waals surface area contributed by atoms with Crippen molar-refractivity contribution < 1.29 is 9.32 Å². The van der Waals surface area contributed by atoms with E-state index in [0.29, 0.717) is 5.88 Å². The molecule has 0 aliphatic carbocycles. The van der Waals surface area contributed by atoms with E-state index < -0.39 is 6.04 Å². The molecule has 0 saturated heterocycles. The Morgan fingerprint density at radius 1 is 1.56 bits per heavy atom. The molecule has 0 radical (unpaired) electrons. The Kier molecular flexibility index (Phi) is 4.06. The second-order valence-corrected chi connectivity index (χ2v) is 4.12. The van der Waals surface area contributed by atoms with Crippen molar-refractivity contribution in [2.45, 2.75) is 40.2 Å². The number of hydrogen-bond donors (Lipinski definition) is 2. The molecule has 1 rings (SSSR count). The van der Waals surface area contributed by atoms with E-state index in [1.807, 2.05) is 27.7 Å². The molecule has 0 aliphatic rings. The average molecular weight is 225 g/mol. The average Bonchev–Trinajstić information content (AvgIpc) is 2.58. The quantitative estimate of drug-likeness (QED) is 0.815. The summed E-state index contributed by atoms with van der Waals surface area (Å²) in [6.07, 6.45) is 0.864. The van der Waals surface area contributed by atoms with Crippen LogP contribution >= 0.6 is 0 Å². The van der Waals surface area contributed by atoms with Gasteiger partial charge < -0.3 is 10.3 Å². The summed E-state index contributed by atoms with van der Waals surface area (Å²) in [6, 6.07) is -0.519. The molecule has 1 aromatic rings. The number of aromatic nitrogens is 1. The number of carbonyl (C=O) groups is 1. The van der Waals surface area contributed by atoms with Gasteiger partial charge in [0.1, 0.15) is 0 Å². The largest absolute Gasteiger partial charge is 0.338 e. The first-order chi connectivity index (χ1) is 7.47. The van der Waals surface area contributed by atoms with Gasteiger partial charge in [0.2, 0.25) is 11.8 Å². The van der Waals surface area contributed by atoms with Crippen LogP contribution in [0.4, 0.5) is 5.88 Å². The number of anilines is 1. The van der Waals surface area contributed by atoms with Gasteiger partial charge in [-0.2, -0.15) is 0 Å². The monoisotopic (exact) mass is 225 g/mol. The minimum atomic E-state index is -0.519. The number of carbonyl (C=O) groups excluding carboxylic acids is 1. The van der Waals surface area contributed by atoms with E-state index in [1.165, 1.54) is 0 Å². The molecule has 2 atom stereocenters. The smallest absolute Gasteiger partial charge is 0.243 e. The van der Waals surface area contributed by atoms with Crippen LogP contribution in [-0.2, 0) is 4.79 Å². The minimum absolute atomic E-state index is 0.143. The lowest BCUT2D eigenvalue weighted by Gasteiger charge is -2.16. The van der Waals surface area contributed by atoms with Crippen molar-refractivity contribution in [1.82, 2.24) is 5.16 Å². The van der Waals surface area contributed by atoms with Gasteiger partial charge in [0.15, 0.2) is 0 Å². The fourth-order valence-electron chi connectivity index (χ4n) is 1.24. The predicted molar refractivity (Wildman–Crippen MR) is 62.0 cm³/mol. The number of nitrogens with two attached hydrogens (primary N) is 1. The summed E-state index contributed by atoms with van der Waals surface area (Å²) < 4.78 is 4.99. The van der Waals surface area contributed by atoms with Crippen molar-refractivity contribution in [3.05, 3.63) is 11.3 Å². The van der Waals surface area contributed by atoms with Crippen molar-refractivity contribution in [2.24, 2.45) is 11.7 Å². The normalized spacial score (nSPS) is 14.6. The lowest BCUT2D eigenvalue weighted by atomic mass is 9.99. The first kappa shape index (κ1) is 12.7. The van der Waals surface area contributed by atoms with Crippen LogP contribution in [-0.4, -0.2) is 17.1 Å². The van der Waals surface area contributed by atoms with E-state index in [4.69, 9.17) is 10.3 Å². The fraction of sp³-hybridized carbons (Fsp3) is 0.636. The number of nitrogens with one attached hydrogen (secondary N) is 1. The molecule has 0 aromatic carbocycles. The SMILES string of the molecule is CCC(C)[C@H](N)C(=O)Nc1onc(C)c1C. The van der Waals surface area contributed by atoms with Crippen LogP contribution in [0.2, 0.25) is 0 Å². The molecule has 16 heavy (non-hydrogen) atoms. The Bertz CT molecular complexity index is 373. The molecule has 0 fully saturated rings. The second kappa shape index (κ2) is 5.12. The van der Waals surface area contributed by atoms with E-state index in [0.717, 1.165) is 17.7 Å². The Labute approximate surface area is 95.4 Å². The number of nitrogens with zero attached hydrogens (tertiary/aromatic N) is 1. The first-order valence-corrected chi connectivity index (χ1v) is 5.46. The molecule has 1 heterocycles. The zero-order valence-corrected chi connectivity index (χ0v) is 10.2. The zero-order valence-electron chi connectivity index (χ0n) is 10.2. The Morgan fingerprint density at radius 3 is 2.62 bits per heavy atom. The lowest BCUT2D eigenvalue weighted by molar-refractivity contribution is -0.118. The van der Waals surface area contributed by atoms with Gasteiger partial charge >= 0.3 is 0 Å². The van der Waals surface area contributed by atoms with Gasteiger partial charge in [-0.15, -0.1) is 0 Å². The molecular weight excluding hydrogens is 206 g/mol. The summed E-state index contributed by atoms with van der Waals surface area (Å²) in [5, 5.41) is 6.42. The summed E-state index contributed by atoms with van der Waals surface area (Å²) in [4.78, 5) is 11.8. The van der Waals surface area contributed by atoms with Gasteiger partial charge in [-0.1, -0.05) is 25.4 Å². The summed E-state index contributed by atoms with van der Waals surface area (Å²) >= 11 is 0. The fourth-order valence-corrected chi connectivity index (χ4v) is 1.24. The Morgan fingerprint density at radius 2 is 2.19 bits per heavy atom. The molecule has 0 bridgehead atoms. The Hall–Kier alpha value is -1.36. The molecule has 3 N–H and O–H groups in total. The number of amides is 1. The van der Waals surface area contributed by atoms with Crippen LogP contribution in [0.3, 0.4) is 0 Å². The third kappa shape index (κ3) is 2.61. The summed E-state index contributed by atoms with van der Waals surface area (Å²) in [5.74, 6) is 0.305. The van der Waals surface area contributed by atoms with E-state index in [9.17, 15) is 4.79 Å². The lowest BCUT2D eigenvalue weighted by Crippen LogP contribution is -2.40. The van der Waals surface area contributed by atoms with Crippen molar-refractivity contribution in [3.8, 4) is 0 Å². The second-order valence-electron chi connectivity index (χ2n) is 4.12. The standard InChI is InChI=1S/C11H19N3O2/c1-5-6(2)9(12)10(15)13-11-7(3)8(4)14-16-11/h6,9H,5,12H2,1-4H3,(H,13,15)/t6?,9-/m0/s1. The van der Waals surface area contributed by atoms with Crippen LogP contribution < -0.4 is 11.1 Å². The molecular formula is C11H19N3O2. The van der Waals surface area contributed by atoms with E-state index in [-0.39, 0.29) is 11.8 Å². The van der Waals surface area contributed by atoms with Gasteiger partial charge in [-0.05, 0) is 19.8 Å². The van der Waals surface area contributed by atoms with Crippen LogP contribution in [0.15, 0.2) is 4.52 Å². The molecule has 5 heteroatoms. The highest BCUT2D eigenvalue weighted by Crippen LogP contribution is 2.18. The highest BCUT2D eigenvalue weighted by molar-refractivity contribution is 5.94. The third-order valence-corrected chi connectivity index (χ3v) is 2.95. The molecule has 1 unspecified atom stereocenters. The van der Waals surface area contributed by atoms with Gasteiger partial charge in [0, 0.05) is 5.56 Å². The van der Waals surface area contributed by atoms with E-state index in [2.05, 4.69) is 10.5 Å². The van der Waals surface area contributed by atoms with E-state index in [1.54, 1.807) is 0 Å². The van der Waals surface area contributed by atoms with Gasteiger partial charge in [0.05, 0.1) is 11.7 Å². The molecule has 0 saturated carbocycles. The summed E-state index contributed by atoms with van der Waals surface area (Å²) in [6.45, 7) is 7.61. The number of hydrogen-bond acceptors (Lipinski definition) is 4. The highest BCUT2D eigenvalue weighted by atomic mass is 16.5. The maximum atomic E-state index is 11.8. The molecule has 0 aliphatic heterocycles. The van der Waals surface area contributed by atoms with Gasteiger partial charge in [-0.3, -0.25) is 10.1 Å². The molecule has 90 valence electrons. The van der Waals surface area contributed by atoms with Crippen molar-refractivity contribution >= 4 is 11.8 Å². The molecule has 5 nitrogen and oxygen atoms in total. The first-order valence-electron chi connectivity index (χ1n) is 5.46. The topological polar surface area (TPSA) is 81.2 Å². The third-order valence-electron chi connectivity index (χ3n) is 2.95. The van der Waals surface area contributed by atoms with Crippen LogP contribution in [0, 0.1) is 19.8 Å². The molecule has 0 spiro atoms. The van der Waals surface area contributed by atoms with Gasteiger partial charge in [0.25, 0.3) is 0 Å². The van der Waals surface area contributed by atoms with Crippen molar-refractivity contribution in [2.75, 3.05) is 5.32 Å². The maximum Gasteiger partial charge on any atom is 0.243 e. The van der Waals surface area contributed by atoms with Gasteiger partial charge in [-0.25, -0.2) is 0 Å². The van der Waals surface area contributed by atoms with Crippen molar-refractivity contribution in [1.29, 1.82) is 0 Å². The van der Waals surface area contributed by atoms with Crippen LogP contribution in [0.25, 0.3) is 0 Å². The van der Waals surface area contributed by atoms with E-state index >= 15 is 0 Å². The van der Waals surface area contributed by atoms with Crippen LogP contribution in [0.1, 0.15) is 31.5 Å². The zero-order chi connectivity index (χ0) is 12.3. The minimum Gasteiger partial charge on any atom is -0.338 e. The highest BCUT2D eigenvalue weighted by Gasteiger charge is 2.21.